The van der Waals surface area contributed by atoms with E-state index < -0.39 is 0 Å². The van der Waals surface area contributed by atoms with Gasteiger partial charge in [-0.1, -0.05) is 28.1 Å². The van der Waals surface area contributed by atoms with Crippen molar-refractivity contribution in [2.45, 2.75) is 6.54 Å². The van der Waals surface area contributed by atoms with E-state index in [4.69, 9.17) is 5.73 Å². The van der Waals surface area contributed by atoms with Crippen LogP contribution in [0.2, 0.25) is 0 Å². The number of benzene rings is 1. The second-order valence-electron chi connectivity index (χ2n) is 4.94. The van der Waals surface area contributed by atoms with Crippen molar-refractivity contribution in [3.63, 3.8) is 0 Å². The number of halogens is 1. The standard InChI is InChI=1S/C13H15BrN2O/c14-9-3-1-2-8(4-9)6-16-7-11-10(5-15)12(11)13(16)17/h1-4,10-12H,5-7,15H2. The molecule has 3 rings (SSSR count). The molecule has 3 unspecified atom stereocenters. The minimum absolute atomic E-state index is 0.229. The van der Waals surface area contributed by atoms with Crippen LogP contribution in [-0.4, -0.2) is 23.9 Å². The van der Waals surface area contributed by atoms with Crippen LogP contribution in [0.3, 0.4) is 0 Å². The van der Waals surface area contributed by atoms with Gasteiger partial charge in [0.2, 0.25) is 5.91 Å². The van der Waals surface area contributed by atoms with Crippen molar-refractivity contribution in [3.05, 3.63) is 34.3 Å². The molecule has 1 saturated heterocycles. The Labute approximate surface area is 109 Å². The molecular weight excluding hydrogens is 280 g/mol. The van der Waals surface area contributed by atoms with Crippen LogP contribution >= 0.6 is 15.9 Å². The molecule has 0 aromatic heterocycles. The third-order valence-electron chi connectivity index (χ3n) is 3.89. The van der Waals surface area contributed by atoms with Crippen molar-refractivity contribution in [1.29, 1.82) is 0 Å². The topological polar surface area (TPSA) is 46.3 Å². The molecule has 1 aromatic rings. The first-order chi connectivity index (χ1) is 8.20. The minimum atomic E-state index is 0.229. The maximum atomic E-state index is 12.1. The molecule has 1 aliphatic carbocycles. The smallest absolute Gasteiger partial charge is 0.226 e. The van der Waals surface area contributed by atoms with Crippen LogP contribution in [0.25, 0.3) is 0 Å². The van der Waals surface area contributed by atoms with Crippen molar-refractivity contribution in [1.82, 2.24) is 4.90 Å². The molecule has 3 nitrogen and oxygen atoms in total. The Morgan fingerprint density at radius 2 is 2.29 bits per heavy atom. The SMILES string of the molecule is NCC1C2CN(Cc3cccc(Br)c3)C(=O)C12. The quantitative estimate of drug-likeness (QED) is 0.921. The molecule has 2 aliphatic rings. The Bertz CT molecular complexity index is 462. The fraction of sp³-hybridized carbons (Fsp3) is 0.462. The highest BCUT2D eigenvalue weighted by molar-refractivity contribution is 9.10. The molecule has 17 heavy (non-hydrogen) atoms. The first-order valence-corrected chi connectivity index (χ1v) is 6.73. The Kier molecular flexibility index (Phi) is 2.71. The predicted molar refractivity (Wildman–Crippen MR) is 69.1 cm³/mol. The molecule has 1 amide bonds. The lowest BCUT2D eigenvalue weighted by Gasteiger charge is -2.19. The van der Waals surface area contributed by atoms with Crippen LogP contribution in [0.4, 0.5) is 0 Å². The third kappa shape index (κ3) is 1.89. The van der Waals surface area contributed by atoms with Crippen LogP contribution in [0.1, 0.15) is 5.56 Å². The molecule has 3 atom stereocenters. The second-order valence-corrected chi connectivity index (χ2v) is 5.85. The maximum absolute atomic E-state index is 12.1. The number of amides is 1. The van der Waals surface area contributed by atoms with Crippen LogP contribution in [0.15, 0.2) is 28.7 Å². The third-order valence-corrected chi connectivity index (χ3v) is 4.39. The highest BCUT2D eigenvalue weighted by Gasteiger charge is 2.60. The van der Waals surface area contributed by atoms with Gasteiger partial charge in [0.15, 0.2) is 0 Å². The summed E-state index contributed by atoms with van der Waals surface area (Å²) in [7, 11) is 0. The van der Waals surface area contributed by atoms with Gasteiger partial charge in [0.25, 0.3) is 0 Å². The van der Waals surface area contributed by atoms with Gasteiger partial charge < -0.3 is 10.6 Å². The van der Waals surface area contributed by atoms with Gasteiger partial charge in [-0.15, -0.1) is 0 Å². The molecule has 4 heteroatoms. The highest BCUT2D eigenvalue weighted by atomic mass is 79.9. The lowest BCUT2D eigenvalue weighted by atomic mass is 10.2. The molecule has 0 radical (unpaired) electrons. The predicted octanol–water partition coefficient (Wildman–Crippen LogP) is 1.61. The molecule has 0 spiro atoms. The van der Waals surface area contributed by atoms with Crippen LogP contribution in [0.5, 0.6) is 0 Å². The molecule has 1 heterocycles. The van der Waals surface area contributed by atoms with E-state index in [0.717, 1.165) is 17.6 Å². The van der Waals surface area contributed by atoms with Crippen molar-refractivity contribution in [3.8, 4) is 0 Å². The normalized spacial score (nSPS) is 30.6. The summed E-state index contributed by atoms with van der Waals surface area (Å²) < 4.78 is 1.06. The van der Waals surface area contributed by atoms with Crippen molar-refractivity contribution in [2.24, 2.45) is 23.5 Å². The highest BCUT2D eigenvalue weighted by Crippen LogP contribution is 2.52. The zero-order chi connectivity index (χ0) is 12.0. The van der Waals surface area contributed by atoms with Gasteiger partial charge in [0, 0.05) is 23.5 Å². The number of carbonyl (C=O) groups is 1. The first-order valence-electron chi connectivity index (χ1n) is 5.94. The number of nitrogens with two attached hydrogens (primary N) is 1. The van der Waals surface area contributed by atoms with E-state index in [0.29, 0.717) is 24.3 Å². The van der Waals surface area contributed by atoms with Gasteiger partial charge in [-0.25, -0.2) is 0 Å². The van der Waals surface area contributed by atoms with Crippen molar-refractivity contribution >= 4 is 21.8 Å². The Balaban J connectivity index is 1.67. The van der Waals surface area contributed by atoms with Crippen molar-refractivity contribution < 1.29 is 4.79 Å². The number of piperidine rings is 1. The average molecular weight is 295 g/mol. The molecule has 0 bridgehead atoms. The van der Waals surface area contributed by atoms with E-state index in [1.165, 1.54) is 5.56 Å². The largest absolute Gasteiger partial charge is 0.338 e. The summed E-state index contributed by atoms with van der Waals surface area (Å²) in [6.07, 6.45) is 0. The average Bonchev–Trinajstić information content (AvgIpc) is 2.91. The van der Waals surface area contributed by atoms with Crippen LogP contribution < -0.4 is 5.73 Å². The summed E-state index contributed by atoms with van der Waals surface area (Å²) in [5.41, 5.74) is 6.81. The van der Waals surface area contributed by atoms with Gasteiger partial charge >= 0.3 is 0 Å². The Morgan fingerprint density at radius 1 is 1.47 bits per heavy atom. The number of hydrogen-bond donors (Lipinski definition) is 1. The number of hydrogen-bond acceptors (Lipinski definition) is 2. The van der Waals surface area contributed by atoms with Gasteiger partial charge in [0.05, 0.1) is 0 Å². The van der Waals surface area contributed by atoms with Crippen molar-refractivity contribution in [2.75, 3.05) is 13.1 Å². The number of nitrogens with zero attached hydrogens (tertiary/aromatic N) is 1. The molecule has 1 aliphatic heterocycles. The van der Waals surface area contributed by atoms with Crippen LogP contribution in [-0.2, 0) is 11.3 Å². The summed E-state index contributed by atoms with van der Waals surface area (Å²) in [6, 6.07) is 8.13. The molecule has 2 N–H and O–H groups in total. The van der Waals surface area contributed by atoms with Gasteiger partial charge in [-0.05, 0) is 36.1 Å². The Morgan fingerprint density at radius 3 is 2.88 bits per heavy atom. The zero-order valence-electron chi connectivity index (χ0n) is 9.47. The lowest BCUT2D eigenvalue weighted by molar-refractivity contribution is -0.131. The maximum Gasteiger partial charge on any atom is 0.226 e. The van der Waals surface area contributed by atoms with E-state index in [-0.39, 0.29) is 5.92 Å². The molecule has 90 valence electrons. The van der Waals surface area contributed by atoms with Gasteiger partial charge in [-0.3, -0.25) is 4.79 Å². The lowest BCUT2D eigenvalue weighted by Crippen LogP contribution is -2.30. The molecule has 1 saturated carbocycles. The summed E-state index contributed by atoms with van der Waals surface area (Å²) in [5.74, 6) is 1.51. The number of rotatable bonds is 3. The zero-order valence-corrected chi connectivity index (χ0v) is 11.1. The summed E-state index contributed by atoms with van der Waals surface area (Å²) in [5, 5.41) is 0. The summed E-state index contributed by atoms with van der Waals surface area (Å²) in [6.45, 7) is 2.27. The molecule has 2 fully saturated rings. The summed E-state index contributed by atoms with van der Waals surface area (Å²) >= 11 is 3.45. The summed E-state index contributed by atoms with van der Waals surface area (Å²) in [4.78, 5) is 14.0. The Hall–Kier alpha value is -0.870. The number of fused-ring (bicyclic) bond motifs is 1. The monoisotopic (exact) mass is 294 g/mol. The second kappa shape index (κ2) is 4.10. The van der Waals surface area contributed by atoms with E-state index in [2.05, 4.69) is 28.1 Å². The van der Waals surface area contributed by atoms with E-state index in [1.54, 1.807) is 0 Å². The number of carbonyl (C=O) groups excluding carboxylic acids is 1. The minimum Gasteiger partial charge on any atom is -0.338 e. The fourth-order valence-corrected chi connectivity index (χ4v) is 3.38. The fourth-order valence-electron chi connectivity index (χ4n) is 2.94. The first kappa shape index (κ1) is 11.2. The van der Waals surface area contributed by atoms with E-state index >= 15 is 0 Å². The number of likely N-dealkylation sites (tertiary alicyclic amines) is 1. The van der Waals surface area contributed by atoms with E-state index in [1.807, 2.05) is 17.0 Å². The molecule has 1 aromatic carbocycles. The van der Waals surface area contributed by atoms with E-state index in [9.17, 15) is 4.79 Å². The molecular formula is C13H15BrN2O. The van der Waals surface area contributed by atoms with Gasteiger partial charge in [0.1, 0.15) is 0 Å². The van der Waals surface area contributed by atoms with Crippen LogP contribution in [0, 0.1) is 17.8 Å². The van der Waals surface area contributed by atoms with Gasteiger partial charge in [-0.2, -0.15) is 0 Å².